The van der Waals surface area contributed by atoms with Crippen LogP contribution in [0.2, 0.25) is 5.02 Å². The van der Waals surface area contributed by atoms with Crippen LogP contribution in [0.4, 0.5) is 10.5 Å². The van der Waals surface area contributed by atoms with Gasteiger partial charge < -0.3 is 24.6 Å². The fraction of sp³-hybridized carbons (Fsp3) is 0.533. The normalized spacial score (nSPS) is 15.6. The summed E-state index contributed by atoms with van der Waals surface area (Å²) in [4.78, 5) is 15.7. The van der Waals surface area contributed by atoms with Crippen LogP contribution >= 0.6 is 11.6 Å². The fourth-order valence-corrected chi connectivity index (χ4v) is 2.63. The average Bonchev–Trinajstić information content (AvgIpc) is 2.45. The first-order chi connectivity index (χ1) is 10.7. The molecule has 1 aliphatic rings. The van der Waals surface area contributed by atoms with Crippen LogP contribution in [0.5, 0.6) is 0 Å². The van der Waals surface area contributed by atoms with Gasteiger partial charge in [0.15, 0.2) is 0 Å². The van der Waals surface area contributed by atoms with Crippen molar-refractivity contribution in [1.29, 1.82) is 0 Å². The standard InChI is InChI=1S/C15H22BClN2O4/c1-15(2,3)23-14(20)19-8-6-18(7-9-19)13-10-11(17)4-5-12(13)16(21)22/h4-5,10,21-22H,6-9H2,1-3H3. The molecule has 1 aromatic rings. The maximum absolute atomic E-state index is 12.1. The molecule has 126 valence electrons. The lowest BCUT2D eigenvalue weighted by atomic mass is 9.78. The molecule has 8 heteroatoms. The monoisotopic (exact) mass is 340 g/mol. The minimum Gasteiger partial charge on any atom is -0.444 e. The second-order valence-electron chi connectivity index (χ2n) is 6.53. The van der Waals surface area contributed by atoms with Gasteiger partial charge in [-0.05, 0) is 32.9 Å². The quantitative estimate of drug-likeness (QED) is 0.788. The first kappa shape index (κ1) is 17.9. The third-order valence-electron chi connectivity index (χ3n) is 3.54. The molecule has 0 unspecified atom stereocenters. The molecule has 1 amide bonds. The third-order valence-corrected chi connectivity index (χ3v) is 3.78. The number of hydrogen-bond donors (Lipinski definition) is 2. The number of carbonyl (C=O) groups excluding carboxylic acids is 1. The summed E-state index contributed by atoms with van der Waals surface area (Å²) in [5, 5.41) is 19.5. The van der Waals surface area contributed by atoms with Gasteiger partial charge in [0, 0.05) is 42.4 Å². The van der Waals surface area contributed by atoms with E-state index in [9.17, 15) is 14.8 Å². The number of carbonyl (C=O) groups is 1. The zero-order valence-corrected chi connectivity index (χ0v) is 14.4. The summed E-state index contributed by atoms with van der Waals surface area (Å²) >= 11 is 6.02. The van der Waals surface area contributed by atoms with Crippen molar-refractivity contribution in [3.05, 3.63) is 23.2 Å². The number of amides is 1. The number of ether oxygens (including phenoxy) is 1. The van der Waals surface area contributed by atoms with Crippen molar-refractivity contribution in [2.75, 3.05) is 31.1 Å². The van der Waals surface area contributed by atoms with Gasteiger partial charge in [-0.2, -0.15) is 0 Å². The Hall–Kier alpha value is -1.44. The van der Waals surface area contributed by atoms with Gasteiger partial charge >= 0.3 is 13.2 Å². The number of piperazine rings is 1. The van der Waals surface area contributed by atoms with Gasteiger partial charge in [0.05, 0.1) is 0 Å². The summed E-state index contributed by atoms with van der Waals surface area (Å²) in [5.41, 5.74) is 0.562. The lowest BCUT2D eigenvalue weighted by molar-refractivity contribution is 0.0240. The van der Waals surface area contributed by atoms with Gasteiger partial charge in [0.25, 0.3) is 0 Å². The first-order valence-electron chi connectivity index (χ1n) is 7.56. The van der Waals surface area contributed by atoms with Crippen molar-refractivity contribution in [2.24, 2.45) is 0 Å². The summed E-state index contributed by atoms with van der Waals surface area (Å²) in [7, 11) is -1.56. The Morgan fingerprint density at radius 2 is 1.83 bits per heavy atom. The van der Waals surface area contributed by atoms with Crippen LogP contribution in [-0.2, 0) is 4.74 Å². The highest BCUT2D eigenvalue weighted by Crippen LogP contribution is 2.20. The number of nitrogens with zero attached hydrogens (tertiary/aromatic N) is 2. The molecule has 0 radical (unpaired) electrons. The van der Waals surface area contributed by atoms with Gasteiger partial charge in [0.2, 0.25) is 0 Å². The maximum Gasteiger partial charge on any atom is 0.490 e. The van der Waals surface area contributed by atoms with Crippen LogP contribution in [0.3, 0.4) is 0 Å². The van der Waals surface area contributed by atoms with E-state index in [1.54, 1.807) is 23.1 Å². The van der Waals surface area contributed by atoms with Crippen LogP contribution in [-0.4, -0.2) is 59.9 Å². The predicted octanol–water partition coefficient (Wildman–Crippen LogP) is 1.08. The van der Waals surface area contributed by atoms with Crippen LogP contribution in [0.1, 0.15) is 20.8 Å². The van der Waals surface area contributed by atoms with E-state index in [2.05, 4.69) is 0 Å². The molecule has 23 heavy (non-hydrogen) atoms. The number of hydrogen-bond acceptors (Lipinski definition) is 5. The van der Waals surface area contributed by atoms with E-state index in [-0.39, 0.29) is 6.09 Å². The van der Waals surface area contributed by atoms with E-state index >= 15 is 0 Å². The molecule has 0 bridgehead atoms. The van der Waals surface area contributed by atoms with Crippen molar-refractivity contribution in [3.8, 4) is 0 Å². The molecule has 0 aromatic heterocycles. The van der Waals surface area contributed by atoms with E-state index in [1.807, 2.05) is 25.7 Å². The molecule has 1 heterocycles. The van der Waals surface area contributed by atoms with Crippen LogP contribution in [0.15, 0.2) is 18.2 Å². The molecular formula is C15H22BClN2O4. The Morgan fingerprint density at radius 1 is 1.22 bits per heavy atom. The molecule has 1 aliphatic heterocycles. The molecule has 2 N–H and O–H groups in total. The second-order valence-corrected chi connectivity index (χ2v) is 6.97. The Balaban J connectivity index is 2.05. The van der Waals surface area contributed by atoms with Crippen LogP contribution < -0.4 is 10.4 Å². The molecule has 1 aromatic carbocycles. The SMILES string of the molecule is CC(C)(C)OC(=O)N1CCN(c2cc(Cl)ccc2B(O)O)CC1. The molecule has 1 fully saturated rings. The lowest BCUT2D eigenvalue weighted by Gasteiger charge is -2.37. The Labute approximate surface area is 141 Å². The Morgan fingerprint density at radius 3 is 2.35 bits per heavy atom. The largest absolute Gasteiger partial charge is 0.490 e. The van der Waals surface area contributed by atoms with Gasteiger partial charge in [-0.3, -0.25) is 0 Å². The van der Waals surface area contributed by atoms with Crippen molar-refractivity contribution in [2.45, 2.75) is 26.4 Å². The average molecular weight is 341 g/mol. The minimum absolute atomic E-state index is 0.328. The van der Waals surface area contributed by atoms with Gasteiger partial charge in [-0.1, -0.05) is 17.7 Å². The fourth-order valence-electron chi connectivity index (χ4n) is 2.47. The Bertz CT molecular complexity index is 569. The molecule has 0 aliphatic carbocycles. The van der Waals surface area contributed by atoms with Gasteiger partial charge in [-0.25, -0.2) is 4.79 Å². The molecule has 6 nitrogen and oxygen atoms in total. The summed E-state index contributed by atoms with van der Waals surface area (Å²) in [5.74, 6) is 0. The minimum atomic E-state index is -1.56. The number of halogens is 1. The third kappa shape index (κ3) is 4.77. The molecule has 2 rings (SSSR count). The highest BCUT2D eigenvalue weighted by Gasteiger charge is 2.28. The predicted molar refractivity (Wildman–Crippen MR) is 91.3 cm³/mol. The second kappa shape index (κ2) is 6.99. The van der Waals surface area contributed by atoms with Crippen LogP contribution in [0, 0.1) is 0 Å². The highest BCUT2D eigenvalue weighted by molar-refractivity contribution is 6.60. The van der Waals surface area contributed by atoms with Crippen molar-refractivity contribution < 1.29 is 19.6 Å². The van der Waals surface area contributed by atoms with Crippen molar-refractivity contribution in [1.82, 2.24) is 4.90 Å². The van der Waals surface area contributed by atoms with Crippen molar-refractivity contribution in [3.63, 3.8) is 0 Å². The van der Waals surface area contributed by atoms with Crippen molar-refractivity contribution >= 4 is 36.0 Å². The molecule has 1 saturated heterocycles. The van der Waals surface area contributed by atoms with E-state index in [1.165, 1.54) is 0 Å². The topological polar surface area (TPSA) is 73.2 Å². The molecule has 0 atom stereocenters. The molecular weight excluding hydrogens is 318 g/mol. The summed E-state index contributed by atoms with van der Waals surface area (Å²) < 4.78 is 5.37. The number of rotatable bonds is 2. The number of anilines is 1. The smallest absolute Gasteiger partial charge is 0.444 e. The summed E-state index contributed by atoms with van der Waals surface area (Å²) in [6.45, 7) is 7.65. The van der Waals surface area contributed by atoms with Crippen LogP contribution in [0.25, 0.3) is 0 Å². The zero-order chi connectivity index (χ0) is 17.2. The Kier molecular flexibility index (Phi) is 5.44. The van der Waals surface area contributed by atoms with Gasteiger partial charge in [0.1, 0.15) is 5.60 Å². The summed E-state index contributed by atoms with van der Waals surface area (Å²) in [6.07, 6.45) is -0.328. The van der Waals surface area contributed by atoms with E-state index in [4.69, 9.17) is 16.3 Å². The van der Waals surface area contributed by atoms with E-state index < -0.39 is 12.7 Å². The highest BCUT2D eigenvalue weighted by atomic mass is 35.5. The first-order valence-corrected chi connectivity index (χ1v) is 7.93. The lowest BCUT2D eigenvalue weighted by Crippen LogP contribution is -2.51. The molecule has 0 spiro atoms. The van der Waals surface area contributed by atoms with E-state index in [0.29, 0.717) is 42.4 Å². The maximum atomic E-state index is 12.1. The zero-order valence-electron chi connectivity index (χ0n) is 13.6. The summed E-state index contributed by atoms with van der Waals surface area (Å²) in [6, 6.07) is 4.93. The number of benzene rings is 1. The van der Waals surface area contributed by atoms with Gasteiger partial charge in [-0.15, -0.1) is 0 Å². The molecule has 0 saturated carbocycles. The van der Waals surface area contributed by atoms with E-state index in [0.717, 1.165) is 0 Å².